The van der Waals surface area contributed by atoms with Gasteiger partial charge in [0, 0.05) is 5.56 Å². The SMILES string of the molecule is Cc1ccc(-c2cccc(C3(C(=O)O)CC3)c2)c(F)c1. The van der Waals surface area contributed by atoms with Crippen molar-refractivity contribution >= 4 is 5.97 Å². The van der Waals surface area contributed by atoms with Crippen molar-refractivity contribution < 1.29 is 14.3 Å². The first-order valence-corrected chi connectivity index (χ1v) is 6.63. The summed E-state index contributed by atoms with van der Waals surface area (Å²) in [5.41, 5.74) is 2.12. The second-order valence-electron chi connectivity index (χ2n) is 5.45. The summed E-state index contributed by atoms with van der Waals surface area (Å²) in [6.45, 7) is 1.84. The smallest absolute Gasteiger partial charge is 0.314 e. The second-order valence-corrected chi connectivity index (χ2v) is 5.45. The molecule has 3 rings (SSSR count). The van der Waals surface area contributed by atoms with Crippen LogP contribution in [0.5, 0.6) is 0 Å². The molecular formula is C17H15FO2. The molecule has 1 saturated carbocycles. The van der Waals surface area contributed by atoms with Gasteiger partial charge < -0.3 is 5.11 Å². The van der Waals surface area contributed by atoms with Crippen LogP contribution in [0.25, 0.3) is 11.1 Å². The molecule has 0 amide bonds. The van der Waals surface area contributed by atoms with Gasteiger partial charge in [-0.3, -0.25) is 4.79 Å². The number of hydrogen-bond acceptors (Lipinski definition) is 1. The molecule has 2 nitrogen and oxygen atoms in total. The van der Waals surface area contributed by atoms with E-state index in [0.717, 1.165) is 16.7 Å². The van der Waals surface area contributed by atoms with Crippen molar-refractivity contribution in [1.82, 2.24) is 0 Å². The fourth-order valence-electron chi connectivity index (χ4n) is 2.59. The summed E-state index contributed by atoms with van der Waals surface area (Å²) < 4.78 is 14.0. The van der Waals surface area contributed by atoms with Crippen molar-refractivity contribution in [2.75, 3.05) is 0 Å². The molecule has 1 N–H and O–H groups in total. The molecule has 0 radical (unpaired) electrons. The highest BCUT2D eigenvalue weighted by Gasteiger charge is 2.51. The van der Waals surface area contributed by atoms with E-state index in [2.05, 4.69) is 0 Å². The zero-order chi connectivity index (χ0) is 14.3. The van der Waals surface area contributed by atoms with Gasteiger partial charge in [-0.15, -0.1) is 0 Å². The number of hydrogen-bond donors (Lipinski definition) is 1. The Labute approximate surface area is 116 Å². The summed E-state index contributed by atoms with van der Waals surface area (Å²) in [6, 6.07) is 12.3. The Morgan fingerprint density at radius 3 is 2.55 bits per heavy atom. The zero-order valence-corrected chi connectivity index (χ0v) is 11.2. The molecule has 102 valence electrons. The predicted octanol–water partition coefficient (Wildman–Crippen LogP) is 3.92. The highest BCUT2D eigenvalue weighted by Crippen LogP contribution is 2.49. The van der Waals surface area contributed by atoms with Crippen LogP contribution in [0.4, 0.5) is 4.39 Å². The lowest BCUT2D eigenvalue weighted by Gasteiger charge is -2.12. The summed E-state index contributed by atoms with van der Waals surface area (Å²) in [5, 5.41) is 9.34. The van der Waals surface area contributed by atoms with Crippen molar-refractivity contribution in [3.05, 3.63) is 59.4 Å². The molecule has 0 aromatic heterocycles. The molecule has 1 fully saturated rings. The van der Waals surface area contributed by atoms with E-state index in [1.807, 2.05) is 25.1 Å². The average Bonchev–Trinajstić information content (AvgIpc) is 3.20. The molecule has 1 aliphatic rings. The summed E-state index contributed by atoms with van der Waals surface area (Å²) in [6.07, 6.45) is 1.31. The van der Waals surface area contributed by atoms with Crippen LogP contribution >= 0.6 is 0 Å². The summed E-state index contributed by atoms with van der Waals surface area (Å²) in [5.74, 6) is -1.07. The van der Waals surface area contributed by atoms with Crippen molar-refractivity contribution in [3.63, 3.8) is 0 Å². The molecule has 3 heteroatoms. The van der Waals surface area contributed by atoms with Crippen LogP contribution in [0, 0.1) is 12.7 Å². The molecule has 0 saturated heterocycles. The molecule has 0 unspecified atom stereocenters. The third-order valence-corrected chi connectivity index (χ3v) is 4.01. The fraction of sp³-hybridized carbons (Fsp3) is 0.235. The topological polar surface area (TPSA) is 37.3 Å². The first-order chi connectivity index (χ1) is 9.53. The lowest BCUT2D eigenvalue weighted by atomic mass is 9.92. The van der Waals surface area contributed by atoms with Crippen LogP contribution in [0.3, 0.4) is 0 Å². The summed E-state index contributed by atoms with van der Waals surface area (Å²) in [7, 11) is 0. The van der Waals surface area contributed by atoms with E-state index in [-0.39, 0.29) is 5.82 Å². The molecular weight excluding hydrogens is 255 g/mol. The maximum Gasteiger partial charge on any atom is 0.314 e. The Bertz CT molecular complexity index is 687. The van der Waals surface area contributed by atoms with Gasteiger partial charge in [-0.1, -0.05) is 30.3 Å². The predicted molar refractivity (Wildman–Crippen MR) is 75.1 cm³/mol. The van der Waals surface area contributed by atoms with Gasteiger partial charge in [0.15, 0.2) is 0 Å². The van der Waals surface area contributed by atoms with Crippen LogP contribution in [0.2, 0.25) is 0 Å². The lowest BCUT2D eigenvalue weighted by Crippen LogP contribution is -2.19. The average molecular weight is 270 g/mol. The van der Waals surface area contributed by atoms with Gasteiger partial charge in [0.1, 0.15) is 5.82 Å². The monoisotopic (exact) mass is 270 g/mol. The van der Waals surface area contributed by atoms with Gasteiger partial charge in [-0.2, -0.15) is 0 Å². The minimum Gasteiger partial charge on any atom is -0.481 e. The van der Waals surface area contributed by atoms with E-state index in [1.54, 1.807) is 18.2 Å². The molecule has 20 heavy (non-hydrogen) atoms. The molecule has 2 aromatic rings. The number of aryl methyl sites for hydroxylation is 1. The number of carboxylic acids is 1. The fourth-order valence-corrected chi connectivity index (χ4v) is 2.59. The van der Waals surface area contributed by atoms with E-state index >= 15 is 0 Å². The van der Waals surface area contributed by atoms with Crippen LogP contribution in [0.1, 0.15) is 24.0 Å². The molecule has 0 bridgehead atoms. The molecule has 0 atom stereocenters. The van der Waals surface area contributed by atoms with Crippen molar-refractivity contribution in [3.8, 4) is 11.1 Å². The van der Waals surface area contributed by atoms with Crippen molar-refractivity contribution in [2.24, 2.45) is 0 Å². The Kier molecular flexibility index (Phi) is 2.85. The van der Waals surface area contributed by atoms with Crippen molar-refractivity contribution in [1.29, 1.82) is 0 Å². The minimum atomic E-state index is -0.793. The number of benzene rings is 2. The zero-order valence-electron chi connectivity index (χ0n) is 11.2. The van der Waals surface area contributed by atoms with Crippen LogP contribution in [-0.2, 0) is 10.2 Å². The Hall–Kier alpha value is -2.16. The van der Waals surface area contributed by atoms with Crippen LogP contribution in [0.15, 0.2) is 42.5 Å². The van der Waals surface area contributed by atoms with Gasteiger partial charge in [0.25, 0.3) is 0 Å². The third-order valence-electron chi connectivity index (χ3n) is 4.01. The highest BCUT2D eigenvalue weighted by molar-refractivity contribution is 5.85. The molecule has 2 aromatic carbocycles. The standard InChI is InChI=1S/C17H15FO2/c1-11-5-6-14(15(18)9-11)12-3-2-4-13(10-12)17(7-8-17)16(19)20/h2-6,9-10H,7-8H2,1H3,(H,19,20). The second kappa shape index (κ2) is 4.44. The van der Waals surface area contributed by atoms with E-state index in [4.69, 9.17) is 0 Å². The number of aliphatic carboxylic acids is 1. The van der Waals surface area contributed by atoms with Gasteiger partial charge >= 0.3 is 5.97 Å². The van der Waals surface area contributed by atoms with E-state index in [0.29, 0.717) is 18.4 Å². The van der Waals surface area contributed by atoms with Gasteiger partial charge in [-0.25, -0.2) is 4.39 Å². The largest absolute Gasteiger partial charge is 0.481 e. The van der Waals surface area contributed by atoms with E-state index in [1.165, 1.54) is 6.07 Å². The number of carbonyl (C=O) groups is 1. The summed E-state index contributed by atoms with van der Waals surface area (Å²) in [4.78, 5) is 11.4. The normalized spacial score (nSPS) is 15.9. The van der Waals surface area contributed by atoms with Crippen molar-refractivity contribution in [2.45, 2.75) is 25.2 Å². The first kappa shape index (κ1) is 12.9. The van der Waals surface area contributed by atoms with E-state index in [9.17, 15) is 14.3 Å². The van der Waals surface area contributed by atoms with Crippen LogP contribution in [-0.4, -0.2) is 11.1 Å². The quantitative estimate of drug-likeness (QED) is 0.917. The third kappa shape index (κ3) is 1.99. The molecule has 0 heterocycles. The number of halogens is 1. The first-order valence-electron chi connectivity index (χ1n) is 6.63. The minimum absolute atomic E-state index is 0.276. The van der Waals surface area contributed by atoms with Crippen LogP contribution < -0.4 is 0 Å². The molecule has 0 spiro atoms. The highest BCUT2D eigenvalue weighted by atomic mass is 19.1. The maximum absolute atomic E-state index is 14.0. The Balaban J connectivity index is 2.06. The van der Waals surface area contributed by atoms with Gasteiger partial charge in [-0.05, 0) is 48.6 Å². The Morgan fingerprint density at radius 2 is 1.95 bits per heavy atom. The number of carboxylic acid groups (broad SMARTS) is 1. The Morgan fingerprint density at radius 1 is 1.20 bits per heavy atom. The van der Waals surface area contributed by atoms with Gasteiger partial charge in [0.2, 0.25) is 0 Å². The maximum atomic E-state index is 14.0. The molecule has 0 aliphatic heterocycles. The number of rotatable bonds is 3. The molecule has 1 aliphatic carbocycles. The lowest BCUT2D eigenvalue weighted by molar-refractivity contribution is -0.140. The summed E-state index contributed by atoms with van der Waals surface area (Å²) >= 11 is 0. The van der Waals surface area contributed by atoms with E-state index < -0.39 is 11.4 Å². The van der Waals surface area contributed by atoms with Gasteiger partial charge in [0.05, 0.1) is 5.41 Å².